The number of carbonyl (C=O) groups excluding carboxylic acids is 1. The van der Waals surface area contributed by atoms with Crippen LogP contribution in [0.15, 0.2) is 33.6 Å². The summed E-state index contributed by atoms with van der Waals surface area (Å²) in [4.78, 5) is 15.8. The number of sulfonamides is 1. The van der Waals surface area contributed by atoms with E-state index in [4.69, 9.17) is 0 Å². The molecular formula is C19H24BrN3O3S. The Morgan fingerprint density at radius 2 is 1.93 bits per heavy atom. The number of aryl methyl sites for hydroxylation is 1. The summed E-state index contributed by atoms with van der Waals surface area (Å²) in [6.07, 6.45) is 2.81. The highest BCUT2D eigenvalue weighted by Gasteiger charge is 2.32. The maximum absolute atomic E-state index is 13.1. The van der Waals surface area contributed by atoms with Crippen LogP contribution in [0.25, 0.3) is 0 Å². The van der Waals surface area contributed by atoms with Crippen LogP contribution in [0.4, 0.5) is 0 Å². The van der Waals surface area contributed by atoms with Gasteiger partial charge in [0.05, 0.1) is 0 Å². The van der Waals surface area contributed by atoms with E-state index in [2.05, 4.69) is 26.2 Å². The van der Waals surface area contributed by atoms with Gasteiger partial charge in [0.15, 0.2) is 0 Å². The smallest absolute Gasteiger partial charge is 0.268 e. The van der Waals surface area contributed by atoms with Crippen molar-refractivity contribution in [3.63, 3.8) is 0 Å². The first-order chi connectivity index (χ1) is 12.8. The SMILES string of the molecule is Cc1[nH]c(C(=O)NCc2cccc(Br)c2)c(C)c1S(=O)(=O)N1CCCCC1. The fourth-order valence-corrected chi connectivity index (χ4v) is 5.87. The number of amides is 1. The molecule has 0 radical (unpaired) electrons. The highest BCUT2D eigenvalue weighted by Crippen LogP contribution is 2.28. The fourth-order valence-electron chi connectivity index (χ4n) is 3.50. The van der Waals surface area contributed by atoms with E-state index >= 15 is 0 Å². The lowest BCUT2D eigenvalue weighted by Gasteiger charge is -2.26. The van der Waals surface area contributed by atoms with Gasteiger partial charge in [-0.15, -0.1) is 0 Å². The second-order valence-corrected chi connectivity index (χ2v) is 9.65. The van der Waals surface area contributed by atoms with Gasteiger partial charge in [-0.2, -0.15) is 4.31 Å². The third-order valence-electron chi connectivity index (χ3n) is 4.85. The van der Waals surface area contributed by atoms with Gasteiger partial charge < -0.3 is 10.3 Å². The van der Waals surface area contributed by atoms with Gasteiger partial charge in [-0.25, -0.2) is 8.42 Å². The van der Waals surface area contributed by atoms with Crippen molar-refractivity contribution in [2.24, 2.45) is 0 Å². The number of piperidine rings is 1. The van der Waals surface area contributed by atoms with Crippen LogP contribution in [0.1, 0.15) is 46.6 Å². The maximum Gasteiger partial charge on any atom is 0.268 e. The van der Waals surface area contributed by atoms with Gasteiger partial charge in [0.25, 0.3) is 5.91 Å². The number of rotatable bonds is 5. The van der Waals surface area contributed by atoms with Gasteiger partial charge in [0.2, 0.25) is 10.0 Å². The number of aromatic nitrogens is 1. The lowest BCUT2D eigenvalue weighted by molar-refractivity contribution is 0.0945. The molecule has 0 atom stereocenters. The monoisotopic (exact) mass is 453 g/mol. The Hall–Kier alpha value is -1.64. The first-order valence-corrected chi connectivity index (χ1v) is 11.3. The number of carbonyl (C=O) groups is 1. The van der Waals surface area contributed by atoms with Crippen molar-refractivity contribution in [2.45, 2.75) is 44.6 Å². The van der Waals surface area contributed by atoms with Crippen molar-refractivity contribution >= 4 is 31.9 Å². The van der Waals surface area contributed by atoms with Crippen LogP contribution in [0.2, 0.25) is 0 Å². The minimum absolute atomic E-state index is 0.233. The molecule has 2 N–H and O–H groups in total. The van der Waals surface area contributed by atoms with Crippen molar-refractivity contribution in [2.75, 3.05) is 13.1 Å². The van der Waals surface area contributed by atoms with Crippen LogP contribution in [0, 0.1) is 13.8 Å². The fraction of sp³-hybridized carbons (Fsp3) is 0.421. The molecule has 0 unspecified atom stereocenters. The molecule has 6 nitrogen and oxygen atoms in total. The molecule has 3 rings (SSSR count). The summed E-state index contributed by atoms with van der Waals surface area (Å²) < 4.78 is 28.6. The standard InChI is InChI=1S/C19H24BrN3O3S/c1-13-17(19(24)21-12-15-7-6-8-16(20)11-15)22-14(2)18(13)27(25,26)23-9-4-3-5-10-23/h6-8,11,22H,3-5,9-10,12H2,1-2H3,(H,21,24). The molecule has 146 valence electrons. The number of benzene rings is 1. The Bertz CT molecular complexity index is 947. The third kappa shape index (κ3) is 4.28. The van der Waals surface area contributed by atoms with Crippen LogP contribution in [-0.2, 0) is 16.6 Å². The van der Waals surface area contributed by atoms with E-state index in [1.165, 1.54) is 4.31 Å². The molecule has 2 heterocycles. The number of aromatic amines is 1. The van der Waals surface area contributed by atoms with Crippen LogP contribution in [-0.4, -0.2) is 36.7 Å². The molecule has 1 aliphatic heterocycles. The highest BCUT2D eigenvalue weighted by atomic mass is 79.9. The summed E-state index contributed by atoms with van der Waals surface area (Å²) in [6, 6.07) is 7.67. The number of nitrogens with one attached hydrogen (secondary N) is 2. The summed E-state index contributed by atoms with van der Waals surface area (Å²) in [5.74, 6) is -0.310. The molecule has 0 bridgehead atoms. The summed E-state index contributed by atoms with van der Waals surface area (Å²) >= 11 is 3.41. The van der Waals surface area contributed by atoms with Crippen LogP contribution >= 0.6 is 15.9 Å². The normalized spacial score (nSPS) is 15.7. The van der Waals surface area contributed by atoms with E-state index in [0.29, 0.717) is 36.6 Å². The van der Waals surface area contributed by atoms with Gasteiger partial charge in [-0.1, -0.05) is 34.5 Å². The van der Waals surface area contributed by atoms with Gasteiger partial charge in [0.1, 0.15) is 10.6 Å². The Morgan fingerprint density at radius 1 is 1.22 bits per heavy atom. The second-order valence-electron chi connectivity index (χ2n) is 6.86. The molecule has 0 saturated carbocycles. The Labute approximate surface area is 168 Å². The zero-order valence-electron chi connectivity index (χ0n) is 15.5. The van der Waals surface area contributed by atoms with Gasteiger partial charge >= 0.3 is 0 Å². The second kappa shape index (κ2) is 8.16. The number of H-pyrrole nitrogens is 1. The quantitative estimate of drug-likeness (QED) is 0.726. The van der Waals surface area contributed by atoms with Crippen molar-refractivity contribution in [1.82, 2.24) is 14.6 Å². The summed E-state index contributed by atoms with van der Waals surface area (Å²) in [6.45, 7) is 4.83. The minimum Gasteiger partial charge on any atom is -0.353 e. The molecule has 1 fully saturated rings. The van der Waals surface area contributed by atoms with Crippen molar-refractivity contribution in [3.05, 3.63) is 51.3 Å². The Kier molecular flexibility index (Phi) is 6.08. The molecule has 1 aromatic carbocycles. The summed E-state index contributed by atoms with van der Waals surface area (Å²) in [5.41, 5.74) is 2.24. The van der Waals surface area contributed by atoms with E-state index in [0.717, 1.165) is 29.3 Å². The van der Waals surface area contributed by atoms with E-state index in [1.54, 1.807) is 13.8 Å². The van der Waals surface area contributed by atoms with Crippen molar-refractivity contribution in [3.8, 4) is 0 Å². The van der Waals surface area contributed by atoms with E-state index in [9.17, 15) is 13.2 Å². The lowest BCUT2D eigenvalue weighted by atomic mass is 10.2. The number of nitrogens with zero attached hydrogens (tertiary/aromatic N) is 1. The van der Waals surface area contributed by atoms with E-state index in [-0.39, 0.29) is 10.8 Å². The molecule has 0 aliphatic carbocycles. The summed E-state index contributed by atoms with van der Waals surface area (Å²) in [7, 11) is -3.59. The largest absolute Gasteiger partial charge is 0.353 e. The molecule has 8 heteroatoms. The molecule has 2 aromatic rings. The van der Waals surface area contributed by atoms with Gasteiger partial charge in [0, 0.05) is 29.8 Å². The lowest BCUT2D eigenvalue weighted by Crippen LogP contribution is -2.36. The molecule has 0 spiro atoms. The maximum atomic E-state index is 13.1. The van der Waals surface area contributed by atoms with Crippen LogP contribution < -0.4 is 5.32 Å². The highest BCUT2D eigenvalue weighted by molar-refractivity contribution is 9.10. The van der Waals surface area contributed by atoms with Crippen LogP contribution in [0.5, 0.6) is 0 Å². The molecule has 1 aromatic heterocycles. The van der Waals surface area contributed by atoms with E-state index < -0.39 is 10.0 Å². The topological polar surface area (TPSA) is 82.3 Å². The molecule has 1 saturated heterocycles. The van der Waals surface area contributed by atoms with Gasteiger partial charge in [-0.05, 0) is 49.9 Å². The Morgan fingerprint density at radius 3 is 2.59 bits per heavy atom. The van der Waals surface area contributed by atoms with Crippen molar-refractivity contribution in [1.29, 1.82) is 0 Å². The average molecular weight is 454 g/mol. The van der Waals surface area contributed by atoms with Crippen molar-refractivity contribution < 1.29 is 13.2 Å². The number of hydrogen-bond acceptors (Lipinski definition) is 3. The van der Waals surface area contributed by atoms with Gasteiger partial charge in [-0.3, -0.25) is 4.79 Å². The first kappa shape index (κ1) is 20.1. The molecule has 1 amide bonds. The number of hydrogen-bond donors (Lipinski definition) is 2. The zero-order chi connectivity index (χ0) is 19.6. The zero-order valence-corrected chi connectivity index (χ0v) is 17.9. The Balaban J connectivity index is 1.81. The first-order valence-electron chi connectivity index (χ1n) is 9.02. The van der Waals surface area contributed by atoms with E-state index in [1.807, 2.05) is 24.3 Å². The average Bonchev–Trinajstić information content (AvgIpc) is 2.95. The molecule has 27 heavy (non-hydrogen) atoms. The predicted molar refractivity (Wildman–Crippen MR) is 108 cm³/mol. The van der Waals surface area contributed by atoms with Crippen LogP contribution in [0.3, 0.4) is 0 Å². The summed E-state index contributed by atoms with van der Waals surface area (Å²) in [5, 5.41) is 2.86. The third-order valence-corrected chi connectivity index (χ3v) is 7.52. The molecular weight excluding hydrogens is 430 g/mol. The minimum atomic E-state index is -3.59. The predicted octanol–water partition coefficient (Wildman–Crippen LogP) is 3.50. The number of halogens is 1. The molecule has 1 aliphatic rings.